The minimum absolute atomic E-state index is 0.00940. The Labute approximate surface area is 301 Å². The van der Waals surface area contributed by atoms with Crippen LogP contribution in [0.25, 0.3) is 0 Å². The molecule has 0 bridgehead atoms. The monoisotopic (exact) mass is 720 g/mol. The van der Waals surface area contributed by atoms with Crippen LogP contribution in [0.15, 0.2) is 72.8 Å². The van der Waals surface area contributed by atoms with Crippen molar-refractivity contribution in [2.45, 2.75) is 25.0 Å². The number of benzene rings is 4. The number of nitrogens with one attached hydrogen (secondary N) is 2. The van der Waals surface area contributed by atoms with Crippen LogP contribution in [0.2, 0.25) is 0 Å². The number of carbonyl (C=O) groups excluding carboxylic acids is 2. The molecule has 0 aliphatic carbocycles. The maximum Gasteiger partial charge on any atom is 0.418 e. The van der Waals surface area contributed by atoms with Crippen molar-refractivity contribution in [3.05, 3.63) is 95.1 Å². The largest absolute Gasteiger partial charge is 0.508 e. The molecule has 0 saturated carbocycles. The molecule has 0 aromatic heterocycles. The molecule has 0 aliphatic heterocycles. The van der Waals surface area contributed by atoms with E-state index in [4.69, 9.17) is 28.4 Å². The first kappa shape index (κ1) is 38.9. The van der Waals surface area contributed by atoms with E-state index >= 15 is 0 Å². The van der Waals surface area contributed by atoms with Gasteiger partial charge in [-0.15, -0.1) is 0 Å². The van der Waals surface area contributed by atoms with Crippen LogP contribution in [0, 0.1) is 0 Å². The molecule has 0 aliphatic rings. The van der Waals surface area contributed by atoms with Crippen LogP contribution >= 0.6 is 0 Å². The van der Waals surface area contributed by atoms with Gasteiger partial charge in [-0.2, -0.15) is 0 Å². The number of ether oxygens (including phenoxy) is 6. The molecule has 2 unspecified atom stereocenters. The third-order valence-electron chi connectivity index (χ3n) is 8.12. The van der Waals surface area contributed by atoms with Crippen LogP contribution in [0.5, 0.6) is 46.0 Å². The first-order valence-electron chi connectivity index (χ1n) is 16.3. The summed E-state index contributed by atoms with van der Waals surface area (Å²) >= 11 is 0. The molecule has 0 heterocycles. The Bertz CT molecular complexity index is 1680. The van der Waals surface area contributed by atoms with Gasteiger partial charge in [0.2, 0.25) is 0 Å². The molecular weight excluding hydrogens is 676 g/mol. The third-order valence-corrected chi connectivity index (χ3v) is 8.12. The third kappa shape index (κ3) is 10.6. The standard InChI is InChI=1S/C38H44N2O12/c1-47-31-11-5-23(17-33(31)49-3)13-15-39-21-35(27-9-7-25(41)19-29(27)43)51-37(45)38(46)52-36(28-10-8-26(42)20-30(28)44)22-40-16-14-24-6-12-32(48-2)34(18-24)50-4/h5-12,17-20,35-36,39-44H,13-16,21-22H2,1-4H3. The van der Waals surface area contributed by atoms with Crippen LogP contribution in [-0.4, -0.2) is 87.0 Å². The molecule has 4 rings (SSSR count). The predicted octanol–water partition coefficient (Wildman–Crippen LogP) is 4.08. The van der Waals surface area contributed by atoms with E-state index in [9.17, 15) is 30.0 Å². The summed E-state index contributed by atoms with van der Waals surface area (Å²) in [4.78, 5) is 26.4. The Kier molecular flexibility index (Phi) is 14.2. The Hall–Kier alpha value is -5.86. The smallest absolute Gasteiger partial charge is 0.418 e. The van der Waals surface area contributed by atoms with Gasteiger partial charge in [-0.1, -0.05) is 12.1 Å². The summed E-state index contributed by atoms with van der Waals surface area (Å²) in [6, 6.07) is 18.6. The average molecular weight is 721 g/mol. The highest BCUT2D eigenvalue weighted by Gasteiger charge is 2.29. The van der Waals surface area contributed by atoms with Crippen molar-refractivity contribution in [2.24, 2.45) is 0 Å². The van der Waals surface area contributed by atoms with E-state index in [0.29, 0.717) is 48.9 Å². The van der Waals surface area contributed by atoms with E-state index in [-0.39, 0.29) is 47.2 Å². The molecule has 52 heavy (non-hydrogen) atoms. The van der Waals surface area contributed by atoms with Gasteiger partial charge in [0, 0.05) is 36.3 Å². The first-order chi connectivity index (χ1) is 25.1. The van der Waals surface area contributed by atoms with E-state index in [1.165, 1.54) is 24.3 Å². The van der Waals surface area contributed by atoms with Crippen molar-refractivity contribution in [3.63, 3.8) is 0 Å². The van der Waals surface area contributed by atoms with E-state index in [0.717, 1.165) is 23.3 Å². The molecular formula is C38H44N2O12. The molecule has 0 radical (unpaired) electrons. The van der Waals surface area contributed by atoms with Crippen molar-refractivity contribution >= 4 is 11.9 Å². The van der Waals surface area contributed by atoms with Crippen LogP contribution in [0.4, 0.5) is 0 Å². The van der Waals surface area contributed by atoms with Crippen molar-refractivity contribution < 1.29 is 58.4 Å². The van der Waals surface area contributed by atoms with Gasteiger partial charge in [0.15, 0.2) is 23.0 Å². The van der Waals surface area contributed by atoms with E-state index < -0.39 is 24.1 Å². The molecule has 278 valence electrons. The summed E-state index contributed by atoms with van der Waals surface area (Å²) in [5.74, 6) is -1.48. The van der Waals surface area contributed by atoms with E-state index in [2.05, 4.69) is 10.6 Å². The number of methoxy groups -OCH3 is 4. The lowest BCUT2D eigenvalue weighted by Gasteiger charge is -2.22. The van der Waals surface area contributed by atoms with Crippen LogP contribution in [0.3, 0.4) is 0 Å². The summed E-state index contributed by atoms with van der Waals surface area (Å²) in [6.07, 6.45) is -1.21. The fourth-order valence-corrected chi connectivity index (χ4v) is 5.40. The molecule has 4 aromatic rings. The fourth-order valence-electron chi connectivity index (χ4n) is 5.40. The zero-order valence-corrected chi connectivity index (χ0v) is 29.4. The first-order valence-corrected chi connectivity index (χ1v) is 16.3. The van der Waals surface area contributed by atoms with Crippen LogP contribution < -0.4 is 29.6 Å². The Morgan fingerprint density at radius 1 is 0.538 bits per heavy atom. The topological polar surface area (TPSA) is 194 Å². The van der Waals surface area contributed by atoms with Gasteiger partial charge in [0.25, 0.3) is 0 Å². The quantitative estimate of drug-likeness (QED) is 0.0489. The molecule has 0 spiro atoms. The number of phenolic OH excluding ortho intramolecular Hbond substituents is 4. The summed E-state index contributed by atoms with van der Waals surface area (Å²) in [6.45, 7) is 0.822. The van der Waals surface area contributed by atoms with Gasteiger partial charge in [-0.25, -0.2) is 9.59 Å². The lowest BCUT2D eigenvalue weighted by Crippen LogP contribution is -2.32. The van der Waals surface area contributed by atoms with Gasteiger partial charge >= 0.3 is 11.9 Å². The van der Waals surface area contributed by atoms with Gasteiger partial charge < -0.3 is 59.5 Å². The molecule has 2 atom stereocenters. The van der Waals surface area contributed by atoms with Gasteiger partial charge in [0.1, 0.15) is 35.2 Å². The maximum absolute atomic E-state index is 13.2. The average Bonchev–Trinajstić information content (AvgIpc) is 3.13. The number of phenols is 4. The minimum Gasteiger partial charge on any atom is -0.508 e. The van der Waals surface area contributed by atoms with Gasteiger partial charge in [-0.3, -0.25) is 0 Å². The highest BCUT2D eigenvalue weighted by atomic mass is 16.6. The second-order valence-electron chi connectivity index (χ2n) is 11.6. The zero-order valence-electron chi connectivity index (χ0n) is 29.4. The SMILES string of the molecule is COc1ccc(CCNCC(OC(=O)C(=O)OC(CNCCc2ccc(OC)c(OC)c2)c2ccc(O)cc2O)c2ccc(O)cc2O)cc1OC. The van der Waals surface area contributed by atoms with E-state index in [1.807, 2.05) is 24.3 Å². The Morgan fingerprint density at radius 2 is 0.923 bits per heavy atom. The number of hydrogen-bond acceptors (Lipinski definition) is 14. The summed E-state index contributed by atoms with van der Waals surface area (Å²) in [5.41, 5.74) is 2.16. The van der Waals surface area contributed by atoms with Crippen molar-refractivity contribution in [3.8, 4) is 46.0 Å². The number of aromatic hydroxyl groups is 4. The Balaban J connectivity index is 1.43. The van der Waals surface area contributed by atoms with Gasteiger partial charge in [0.05, 0.1) is 28.4 Å². The van der Waals surface area contributed by atoms with Crippen LogP contribution in [0.1, 0.15) is 34.5 Å². The van der Waals surface area contributed by atoms with Crippen molar-refractivity contribution in [2.75, 3.05) is 54.6 Å². The Morgan fingerprint density at radius 3 is 1.27 bits per heavy atom. The number of esters is 2. The summed E-state index contributed by atoms with van der Waals surface area (Å²) < 4.78 is 32.4. The normalized spacial score (nSPS) is 12.0. The number of carbonyl (C=O) groups is 2. The predicted molar refractivity (Wildman–Crippen MR) is 189 cm³/mol. The summed E-state index contributed by atoms with van der Waals surface area (Å²) in [5, 5.41) is 47.1. The second-order valence-corrected chi connectivity index (χ2v) is 11.6. The molecule has 0 saturated heterocycles. The van der Waals surface area contributed by atoms with Crippen LogP contribution in [-0.2, 0) is 31.9 Å². The number of rotatable bonds is 18. The molecule has 4 aromatic carbocycles. The van der Waals surface area contributed by atoms with Gasteiger partial charge in [-0.05, 0) is 85.6 Å². The molecule has 14 nitrogen and oxygen atoms in total. The van der Waals surface area contributed by atoms with Crippen molar-refractivity contribution in [1.29, 1.82) is 0 Å². The lowest BCUT2D eigenvalue weighted by atomic mass is 10.1. The van der Waals surface area contributed by atoms with Crippen molar-refractivity contribution in [1.82, 2.24) is 10.6 Å². The lowest BCUT2D eigenvalue weighted by molar-refractivity contribution is -0.174. The molecule has 0 amide bonds. The second kappa shape index (κ2) is 18.9. The fraction of sp³-hybridized carbons (Fsp3) is 0.316. The van der Waals surface area contributed by atoms with E-state index in [1.54, 1.807) is 40.6 Å². The highest BCUT2D eigenvalue weighted by Crippen LogP contribution is 2.33. The number of hydrogen-bond donors (Lipinski definition) is 6. The minimum atomic E-state index is -1.35. The summed E-state index contributed by atoms with van der Waals surface area (Å²) in [7, 11) is 6.18. The molecule has 14 heteroatoms. The zero-order chi connectivity index (χ0) is 37.6. The molecule has 0 fully saturated rings. The molecule has 6 N–H and O–H groups in total. The highest BCUT2D eigenvalue weighted by molar-refractivity contribution is 6.29. The maximum atomic E-state index is 13.2.